The molecule has 2 aromatic rings. The van der Waals surface area contributed by atoms with Crippen molar-refractivity contribution in [2.45, 2.75) is 13.8 Å². The molecule has 1 heterocycles. The van der Waals surface area contributed by atoms with Gasteiger partial charge in [-0.15, -0.1) is 0 Å². The Bertz CT molecular complexity index is 589. The van der Waals surface area contributed by atoms with Crippen molar-refractivity contribution in [1.82, 2.24) is 4.98 Å². The monoisotopic (exact) mass is 271 g/mol. The molecule has 0 fully saturated rings. The lowest BCUT2D eigenvalue weighted by molar-refractivity contribution is 0.102. The van der Waals surface area contributed by atoms with E-state index in [1.165, 1.54) is 0 Å². The number of nitrogen functional groups attached to an aromatic ring is 1. The van der Waals surface area contributed by atoms with Gasteiger partial charge < -0.3 is 15.8 Å². The Morgan fingerprint density at radius 1 is 1.30 bits per heavy atom. The number of hydrogen-bond acceptors (Lipinski definition) is 4. The fourth-order valence-corrected chi connectivity index (χ4v) is 1.83. The van der Waals surface area contributed by atoms with E-state index >= 15 is 0 Å². The Hall–Kier alpha value is -2.56. The minimum Gasteiger partial charge on any atom is -0.494 e. The van der Waals surface area contributed by atoms with E-state index in [1.807, 2.05) is 19.1 Å². The van der Waals surface area contributed by atoms with Crippen molar-refractivity contribution in [1.29, 1.82) is 0 Å². The zero-order valence-electron chi connectivity index (χ0n) is 11.5. The van der Waals surface area contributed by atoms with Crippen LogP contribution < -0.4 is 15.8 Å². The Morgan fingerprint density at radius 3 is 2.60 bits per heavy atom. The number of carbonyl (C=O) groups excluding carboxylic acids is 1. The van der Waals surface area contributed by atoms with Crippen molar-refractivity contribution < 1.29 is 9.53 Å². The molecular weight excluding hydrogens is 254 g/mol. The number of benzene rings is 1. The number of aryl methyl sites for hydroxylation is 1. The molecule has 3 N–H and O–H groups in total. The maximum Gasteiger partial charge on any atom is 0.255 e. The maximum absolute atomic E-state index is 12.1. The number of amides is 1. The van der Waals surface area contributed by atoms with Crippen LogP contribution in [0.15, 0.2) is 36.4 Å². The van der Waals surface area contributed by atoms with Crippen molar-refractivity contribution in [2.24, 2.45) is 0 Å². The molecular formula is C15H17N3O2. The largest absolute Gasteiger partial charge is 0.494 e. The number of ether oxygens (including phenoxy) is 1. The number of carbonyl (C=O) groups is 1. The highest BCUT2D eigenvalue weighted by molar-refractivity contribution is 6.04. The standard InChI is InChI=1S/C15H17N3O2/c1-3-20-13-6-4-12(5-7-13)18-15(19)11-8-10(2)17-14(16)9-11/h4-9H,3H2,1-2H3,(H2,16,17)(H,18,19). The summed E-state index contributed by atoms with van der Waals surface area (Å²) < 4.78 is 5.34. The average molecular weight is 271 g/mol. The first-order chi connectivity index (χ1) is 9.58. The molecule has 0 aliphatic heterocycles. The Labute approximate surface area is 117 Å². The maximum atomic E-state index is 12.1. The molecule has 0 aliphatic carbocycles. The van der Waals surface area contributed by atoms with Crippen molar-refractivity contribution in [3.8, 4) is 5.75 Å². The van der Waals surface area contributed by atoms with Crippen molar-refractivity contribution in [3.63, 3.8) is 0 Å². The van der Waals surface area contributed by atoms with Gasteiger partial charge in [-0.25, -0.2) is 4.98 Å². The number of rotatable bonds is 4. The number of nitrogens with two attached hydrogens (primary N) is 1. The molecule has 0 unspecified atom stereocenters. The zero-order chi connectivity index (χ0) is 14.5. The zero-order valence-corrected chi connectivity index (χ0v) is 11.5. The van der Waals surface area contributed by atoms with E-state index in [0.717, 1.165) is 5.75 Å². The first-order valence-electron chi connectivity index (χ1n) is 6.37. The van der Waals surface area contributed by atoms with Gasteiger partial charge in [-0.05, 0) is 50.2 Å². The smallest absolute Gasteiger partial charge is 0.255 e. The van der Waals surface area contributed by atoms with E-state index in [-0.39, 0.29) is 5.91 Å². The molecule has 0 spiro atoms. The quantitative estimate of drug-likeness (QED) is 0.896. The van der Waals surface area contributed by atoms with E-state index in [2.05, 4.69) is 10.3 Å². The molecule has 0 saturated carbocycles. The summed E-state index contributed by atoms with van der Waals surface area (Å²) in [6.07, 6.45) is 0. The summed E-state index contributed by atoms with van der Waals surface area (Å²) in [7, 11) is 0. The Morgan fingerprint density at radius 2 is 2.00 bits per heavy atom. The molecule has 0 atom stereocenters. The van der Waals surface area contributed by atoms with Crippen LogP contribution in [0.2, 0.25) is 0 Å². The van der Waals surface area contributed by atoms with E-state index in [9.17, 15) is 4.79 Å². The molecule has 2 rings (SSSR count). The number of nitrogens with one attached hydrogen (secondary N) is 1. The van der Waals surface area contributed by atoms with Gasteiger partial charge >= 0.3 is 0 Å². The molecule has 0 saturated heterocycles. The molecule has 5 heteroatoms. The third-order valence-corrected chi connectivity index (χ3v) is 2.66. The molecule has 104 valence electrons. The van der Waals surface area contributed by atoms with Crippen LogP contribution in [0, 0.1) is 6.92 Å². The van der Waals surface area contributed by atoms with E-state index in [4.69, 9.17) is 10.5 Å². The van der Waals surface area contributed by atoms with Crippen LogP contribution in [0.3, 0.4) is 0 Å². The van der Waals surface area contributed by atoms with Gasteiger partial charge in [-0.3, -0.25) is 4.79 Å². The van der Waals surface area contributed by atoms with Crippen LogP contribution >= 0.6 is 0 Å². The number of pyridine rings is 1. The van der Waals surface area contributed by atoms with Crippen LogP contribution in [0.4, 0.5) is 11.5 Å². The van der Waals surface area contributed by atoms with Gasteiger partial charge in [0.2, 0.25) is 0 Å². The Kier molecular flexibility index (Phi) is 4.20. The third kappa shape index (κ3) is 3.47. The van der Waals surface area contributed by atoms with Crippen LogP contribution in [-0.4, -0.2) is 17.5 Å². The second kappa shape index (κ2) is 6.06. The van der Waals surface area contributed by atoms with Crippen molar-refractivity contribution >= 4 is 17.4 Å². The summed E-state index contributed by atoms with van der Waals surface area (Å²) in [5.41, 5.74) is 7.54. The summed E-state index contributed by atoms with van der Waals surface area (Å²) in [4.78, 5) is 16.1. The highest BCUT2D eigenvalue weighted by Gasteiger charge is 2.08. The molecule has 0 bridgehead atoms. The van der Waals surface area contributed by atoms with Crippen molar-refractivity contribution in [3.05, 3.63) is 47.7 Å². The minimum absolute atomic E-state index is 0.216. The van der Waals surface area contributed by atoms with Crippen LogP contribution in [-0.2, 0) is 0 Å². The summed E-state index contributed by atoms with van der Waals surface area (Å²) in [5.74, 6) is 0.891. The molecule has 0 radical (unpaired) electrons. The first kappa shape index (κ1) is 13.9. The van der Waals surface area contributed by atoms with Gasteiger partial charge in [-0.1, -0.05) is 0 Å². The van der Waals surface area contributed by atoms with Gasteiger partial charge in [0.25, 0.3) is 5.91 Å². The predicted octanol–water partition coefficient (Wildman–Crippen LogP) is 2.62. The van der Waals surface area contributed by atoms with Crippen LogP contribution in [0.25, 0.3) is 0 Å². The van der Waals surface area contributed by atoms with E-state index in [0.29, 0.717) is 29.4 Å². The second-order valence-corrected chi connectivity index (χ2v) is 4.33. The lowest BCUT2D eigenvalue weighted by atomic mass is 10.2. The lowest BCUT2D eigenvalue weighted by Crippen LogP contribution is -2.13. The fourth-order valence-electron chi connectivity index (χ4n) is 1.83. The highest BCUT2D eigenvalue weighted by atomic mass is 16.5. The minimum atomic E-state index is -0.216. The third-order valence-electron chi connectivity index (χ3n) is 2.66. The number of aromatic nitrogens is 1. The molecule has 1 aromatic carbocycles. The van der Waals surface area contributed by atoms with Crippen LogP contribution in [0.5, 0.6) is 5.75 Å². The average Bonchev–Trinajstić information content (AvgIpc) is 2.40. The summed E-state index contributed by atoms with van der Waals surface area (Å²) in [5, 5.41) is 2.80. The predicted molar refractivity (Wildman–Crippen MR) is 79.0 cm³/mol. The molecule has 5 nitrogen and oxygen atoms in total. The summed E-state index contributed by atoms with van der Waals surface area (Å²) in [6, 6.07) is 10.5. The first-order valence-corrected chi connectivity index (χ1v) is 6.37. The SMILES string of the molecule is CCOc1ccc(NC(=O)c2cc(C)nc(N)c2)cc1. The van der Waals surface area contributed by atoms with Gasteiger partial charge in [0.05, 0.1) is 6.61 Å². The van der Waals surface area contributed by atoms with Crippen molar-refractivity contribution in [2.75, 3.05) is 17.7 Å². The van der Waals surface area contributed by atoms with E-state index < -0.39 is 0 Å². The number of hydrogen-bond donors (Lipinski definition) is 2. The molecule has 0 aliphatic rings. The van der Waals surface area contributed by atoms with Crippen LogP contribution in [0.1, 0.15) is 23.0 Å². The second-order valence-electron chi connectivity index (χ2n) is 4.33. The molecule has 1 aromatic heterocycles. The molecule has 1 amide bonds. The number of nitrogens with zero attached hydrogens (tertiary/aromatic N) is 1. The highest BCUT2D eigenvalue weighted by Crippen LogP contribution is 2.17. The van der Waals surface area contributed by atoms with Gasteiger partial charge in [0, 0.05) is 16.9 Å². The van der Waals surface area contributed by atoms with Gasteiger partial charge in [0.15, 0.2) is 0 Å². The Balaban J connectivity index is 2.10. The molecule has 20 heavy (non-hydrogen) atoms. The summed E-state index contributed by atoms with van der Waals surface area (Å²) in [6.45, 7) is 4.33. The summed E-state index contributed by atoms with van der Waals surface area (Å²) >= 11 is 0. The lowest BCUT2D eigenvalue weighted by Gasteiger charge is -2.08. The fraction of sp³-hybridized carbons (Fsp3) is 0.200. The normalized spacial score (nSPS) is 10.1. The topological polar surface area (TPSA) is 77.2 Å². The van der Waals surface area contributed by atoms with Gasteiger partial charge in [-0.2, -0.15) is 0 Å². The number of anilines is 2. The van der Waals surface area contributed by atoms with E-state index in [1.54, 1.807) is 31.2 Å². The van der Waals surface area contributed by atoms with Gasteiger partial charge in [0.1, 0.15) is 11.6 Å².